The van der Waals surface area contributed by atoms with Crippen molar-refractivity contribution in [3.8, 4) is 0 Å². The Morgan fingerprint density at radius 3 is 2.45 bits per heavy atom. The molecule has 0 aliphatic carbocycles. The van der Waals surface area contributed by atoms with Gasteiger partial charge in [0.1, 0.15) is 0 Å². The molecule has 0 aromatic carbocycles. The highest BCUT2D eigenvalue weighted by molar-refractivity contribution is 7.11. The maximum atomic E-state index is 4.56. The van der Waals surface area contributed by atoms with Crippen LogP contribution in [-0.4, -0.2) is 35.1 Å². The van der Waals surface area contributed by atoms with Crippen LogP contribution in [0.5, 0.6) is 0 Å². The second-order valence-electron chi connectivity index (χ2n) is 6.64. The summed E-state index contributed by atoms with van der Waals surface area (Å²) in [5.41, 5.74) is 1.21. The highest BCUT2D eigenvalue weighted by atomic mass is 32.1. The molecule has 4 heteroatoms. The highest BCUT2D eigenvalue weighted by Crippen LogP contribution is 2.34. The SMILES string of the molecule is Cc1nc(C)c(C(C)NC2CC3CCCC(C2)N3C)s1. The van der Waals surface area contributed by atoms with Crippen LogP contribution in [0.15, 0.2) is 0 Å². The number of hydrogen-bond acceptors (Lipinski definition) is 4. The lowest BCUT2D eigenvalue weighted by Crippen LogP contribution is -2.54. The summed E-state index contributed by atoms with van der Waals surface area (Å²) in [6.45, 7) is 6.54. The first-order valence-electron chi connectivity index (χ1n) is 7.96. The van der Waals surface area contributed by atoms with Crippen LogP contribution in [0.25, 0.3) is 0 Å². The van der Waals surface area contributed by atoms with E-state index in [9.17, 15) is 0 Å². The van der Waals surface area contributed by atoms with Crippen LogP contribution < -0.4 is 5.32 Å². The first-order chi connectivity index (χ1) is 9.54. The molecule has 3 nitrogen and oxygen atoms in total. The highest BCUT2D eigenvalue weighted by Gasteiger charge is 2.36. The lowest BCUT2D eigenvalue weighted by molar-refractivity contribution is 0.0463. The van der Waals surface area contributed by atoms with Crippen molar-refractivity contribution in [1.29, 1.82) is 0 Å². The van der Waals surface area contributed by atoms with E-state index in [1.807, 2.05) is 11.3 Å². The van der Waals surface area contributed by atoms with Crippen molar-refractivity contribution in [3.05, 3.63) is 15.6 Å². The van der Waals surface area contributed by atoms with Gasteiger partial charge in [-0.1, -0.05) is 6.42 Å². The molecule has 2 aliphatic heterocycles. The standard InChI is InChI=1S/C16H27N3S/c1-10-16(20-12(3)17-10)11(2)18-13-8-14-6-5-7-15(9-13)19(14)4/h11,13-15,18H,5-9H2,1-4H3. The second-order valence-corrected chi connectivity index (χ2v) is 7.88. The molecule has 3 rings (SSSR count). The summed E-state index contributed by atoms with van der Waals surface area (Å²) in [6, 6.07) is 2.72. The molecule has 20 heavy (non-hydrogen) atoms. The van der Waals surface area contributed by atoms with Crippen molar-refractivity contribution in [2.24, 2.45) is 0 Å². The summed E-state index contributed by atoms with van der Waals surface area (Å²) < 4.78 is 0. The van der Waals surface area contributed by atoms with Crippen molar-refractivity contribution in [2.75, 3.05) is 7.05 Å². The fraction of sp³-hybridized carbons (Fsp3) is 0.812. The van der Waals surface area contributed by atoms with E-state index in [1.54, 1.807) is 0 Å². The van der Waals surface area contributed by atoms with Gasteiger partial charge in [-0.3, -0.25) is 0 Å². The van der Waals surface area contributed by atoms with Crippen molar-refractivity contribution >= 4 is 11.3 Å². The molecule has 0 saturated carbocycles. The summed E-state index contributed by atoms with van der Waals surface area (Å²) in [5, 5.41) is 5.07. The monoisotopic (exact) mass is 293 g/mol. The zero-order chi connectivity index (χ0) is 14.3. The molecule has 2 saturated heterocycles. The Morgan fingerprint density at radius 1 is 1.25 bits per heavy atom. The molecule has 1 aromatic heterocycles. The third-order valence-electron chi connectivity index (χ3n) is 5.16. The summed E-state index contributed by atoms with van der Waals surface area (Å²) in [4.78, 5) is 8.62. The van der Waals surface area contributed by atoms with Crippen LogP contribution in [0, 0.1) is 13.8 Å². The minimum absolute atomic E-state index is 0.440. The maximum absolute atomic E-state index is 4.56. The quantitative estimate of drug-likeness (QED) is 0.925. The number of hydrogen-bond donors (Lipinski definition) is 1. The van der Waals surface area contributed by atoms with Crippen molar-refractivity contribution in [2.45, 2.75) is 77.0 Å². The Bertz CT molecular complexity index is 456. The Balaban J connectivity index is 1.65. The number of nitrogens with one attached hydrogen (secondary N) is 1. The number of thiazole rings is 1. The lowest BCUT2D eigenvalue weighted by atomic mass is 9.82. The third-order valence-corrected chi connectivity index (χ3v) is 6.41. The number of rotatable bonds is 3. The zero-order valence-corrected chi connectivity index (χ0v) is 14.0. The molecule has 2 aliphatic rings. The molecule has 0 spiro atoms. The molecule has 112 valence electrons. The summed E-state index contributed by atoms with van der Waals surface area (Å²) in [7, 11) is 2.32. The fourth-order valence-electron chi connectivity index (χ4n) is 4.13. The van der Waals surface area contributed by atoms with Gasteiger partial charge < -0.3 is 10.2 Å². The van der Waals surface area contributed by atoms with Crippen molar-refractivity contribution < 1.29 is 0 Å². The van der Waals surface area contributed by atoms with Gasteiger partial charge in [0.15, 0.2) is 0 Å². The first kappa shape index (κ1) is 14.5. The van der Waals surface area contributed by atoms with E-state index < -0.39 is 0 Å². The van der Waals surface area contributed by atoms with Crippen LogP contribution in [0.1, 0.15) is 60.6 Å². The smallest absolute Gasteiger partial charge is 0.0900 e. The Kier molecular flexibility index (Phi) is 4.16. The van der Waals surface area contributed by atoms with Crippen molar-refractivity contribution in [3.63, 3.8) is 0 Å². The largest absolute Gasteiger partial charge is 0.306 e. The molecule has 3 heterocycles. The van der Waals surface area contributed by atoms with Gasteiger partial charge in [0.2, 0.25) is 0 Å². The number of nitrogens with zero attached hydrogens (tertiary/aromatic N) is 2. The van der Waals surface area contributed by atoms with Gasteiger partial charge in [-0.2, -0.15) is 0 Å². The Labute approximate surface area is 126 Å². The van der Waals surface area contributed by atoms with E-state index in [0.717, 1.165) is 12.1 Å². The average molecular weight is 293 g/mol. The van der Waals surface area contributed by atoms with E-state index in [-0.39, 0.29) is 0 Å². The maximum Gasteiger partial charge on any atom is 0.0900 e. The lowest BCUT2D eigenvalue weighted by Gasteiger charge is -2.47. The molecule has 3 atom stereocenters. The molecule has 2 fully saturated rings. The van der Waals surface area contributed by atoms with Gasteiger partial charge in [0.05, 0.1) is 10.7 Å². The number of piperidine rings is 2. The van der Waals surface area contributed by atoms with Crippen LogP contribution in [0.3, 0.4) is 0 Å². The molecule has 1 aromatic rings. The van der Waals surface area contributed by atoms with Crippen LogP contribution in [0.4, 0.5) is 0 Å². The number of fused-ring (bicyclic) bond motifs is 2. The van der Waals surface area contributed by atoms with E-state index in [2.05, 4.69) is 43.0 Å². The van der Waals surface area contributed by atoms with E-state index in [1.165, 1.54) is 47.7 Å². The van der Waals surface area contributed by atoms with Crippen LogP contribution in [0.2, 0.25) is 0 Å². The molecular weight excluding hydrogens is 266 g/mol. The predicted octanol–water partition coefficient (Wildman–Crippen LogP) is 3.43. The third kappa shape index (κ3) is 2.78. The van der Waals surface area contributed by atoms with Gasteiger partial charge in [0.25, 0.3) is 0 Å². The molecule has 3 unspecified atom stereocenters. The Morgan fingerprint density at radius 2 is 1.90 bits per heavy atom. The first-order valence-corrected chi connectivity index (χ1v) is 8.78. The molecule has 0 amide bonds. The van der Waals surface area contributed by atoms with E-state index in [4.69, 9.17) is 0 Å². The van der Waals surface area contributed by atoms with Gasteiger partial charge >= 0.3 is 0 Å². The number of aromatic nitrogens is 1. The topological polar surface area (TPSA) is 28.2 Å². The Hall–Kier alpha value is -0.450. The van der Waals surface area contributed by atoms with E-state index in [0.29, 0.717) is 12.1 Å². The fourth-order valence-corrected chi connectivity index (χ4v) is 5.07. The van der Waals surface area contributed by atoms with Gasteiger partial charge in [-0.25, -0.2) is 4.98 Å². The van der Waals surface area contributed by atoms with Gasteiger partial charge in [-0.15, -0.1) is 11.3 Å². The molecule has 1 N–H and O–H groups in total. The minimum Gasteiger partial charge on any atom is -0.306 e. The van der Waals surface area contributed by atoms with Gasteiger partial charge in [0, 0.05) is 29.0 Å². The summed E-state index contributed by atoms with van der Waals surface area (Å²) in [6.07, 6.45) is 6.83. The zero-order valence-electron chi connectivity index (χ0n) is 13.1. The van der Waals surface area contributed by atoms with Crippen LogP contribution >= 0.6 is 11.3 Å². The summed E-state index contributed by atoms with van der Waals surface area (Å²) in [5.74, 6) is 0. The number of aryl methyl sites for hydroxylation is 2. The van der Waals surface area contributed by atoms with Gasteiger partial charge in [-0.05, 0) is 53.5 Å². The summed E-state index contributed by atoms with van der Waals surface area (Å²) >= 11 is 1.85. The molecule has 0 radical (unpaired) electrons. The van der Waals surface area contributed by atoms with E-state index >= 15 is 0 Å². The predicted molar refractivity (Wildman–Crippen MR) is 85.4 cm³/mol. The minimum atomic E-state index is 0.440. The van der Waals surface area contributed by atoms with Crippen LogP contribution in [-0.2, 0) is 0 Å². The normalized spacial score (nSPS) is 32.3. The average Bonchev–Trinajstić information content (AvgIpc) is 2.70. The molecule has 2 bridgehead atoms. The molecular formula is C16H27N3S. The van der Waals surface area contributed by atoms with Crippen molar-refractivity contribution in [1.82, 2.24) is 15.2 Å². The second kappa shape index (κ2) is 5.74.